The minimum Gasteiger partial charge on any atom is -0.480 e. The number of hydrogen-bond acceptors (Lipinski definition) is 5. The number of halogens is 2. The van der Waals surface area contributed by atoms with E-state index in [1.807, 2.05) is 0 Å². The summed E-state index contributed by atoms with van der Waals surface area (Å²) in [6.45, 7) is 0.426. The zero-order valence-corrected chi connectivity index (χ0v) is 11.0. The Hall–Kier alpha value is -1.11. The van der Waals surface area contributed by atoms with Crippen LogP contribution in [0.5, 0.6) is 0 Å². The van der Waals surface area contributed by atoms with E-state index in [9.17, 15) is 9.90 Å². The van der Waals surface area contributed by atoms with Crippen LogP contribution in [-0.2, 0) is 9.53 Å². The van der Waals surface area contributed by atoms with Crippen molar-refractivity contribution in [2.75, 3.05) is 18.6 Å². The summed E-state index contributed by atoms with van der Waals surface area (Å²) in [6.07, 6.45) is 0.233. The van der Waals surface area contributed by atoms with Gasteiger partial charge >= 0.3 is 5.97 Å². The fourth-order valence-corrected chi connectivity index (χ4v) is 2.36. The zero-order chi connectivity index (χ0) is 13.3. The average molecular weight is 292 g/mol. The molecule has 0 radical (unpaired) electrons. The summed E-state index contributed by atoms with van der Waals surface area (Å²) < 4.78 is 5.20. The maximum atomic E-state index is 11.2. The first-order valence-corrected chi connectivity index (χ1v) is 5.99. The minimum atomic E-state index is -0.932. The van der Waals surface area contributed by atoms with Gasteiger partial charge in [0.05, 0.1) is 11.8 Å². The van der Waals surface area contributed by atoms with Crippen molar-refractivity contribution in [1.29, 1.82) is 0 Å². The molecule has 1 fully saturated rings. The highest BCUT2D eigenvalue weighted by atomic mass is 35.5. The first kappa shape index (κ1) is 13.3. The molecular formula is C10H11Cl2N3O3. The van der Waals surface area contributed by atoms with Gasteiger partial charge < -0.3 is 14.7 Å². The van der Waals surface area contributed by atoms with Crippen LogP contribution in [0.25, 0.3) is 0 Å². The second-order valence-electron chi connectivity index (χ2n) is 3.94. The molecule has 6 nitrogen and oxygen atoms in total. The monoisotopic (exact) mass is 291 g/mol. The normalized spacial score (nSPS) is 23.4. The van der Waals surface area contributed by atoms with Crippen molar-refractivity contribution in [3.05, 3.63) is 16.4 Å². The molecule has 1 aromatic heterocycles. The number of nitrogens with zero attached hydrogens (tertiary/aromatic N) is 3. The molecule has 1 aromatic rings. The van der Waals surface area contributed by atoms with E-state index in [1.165, 1.54) is 6.07 Å². The number of carboxylic acid groups (broad SMARTS) is 1. The number of hydrogen-bond donors (Lipinski definition) is 1. The number of carbonyl (C=O) groups is 1. The molecule has 0 saturated carbocycles. The molecule has 0 spiro atoms. The number of rotatable bonds is 3. The fourth-order valence-electron chi connectivity index (χ4n) is 2.01. The van der Waals surface area contributed by atoms with Crippen LogP contribution in [0.2, 0.25) is 10.3 Å². The molecule has 0 aliphatic carbocycles. The van der Waals surface area contributed by atoms with E-state index in [-0.39, 0.29) is 16.4 Å². The highest BCUT2D eigenvalue weighted by Gasteiger charge is 2.38. The molecule has 8 heteroatoms. The van der Waals surface area contributed by atoms with E-state index in [4.69, 9.17) is 27.9 Å². The lowest BCUT2D eigenvalue weighted by Crippen LogP contribution is -2.36. The van der Waals surface area contributed by atoms with Crippen LogP contribution >= 0.6 is 23.2 Å². The molecule has 98 valence electrons. The number of methoxy groups -OCH3 is 1. The van der Waals surface area contributed by atoms with Crippen LogP contribution in [0, 0.1) is 0 Å². The lowest BCUT2D eigenvalue weighted by atomic mass is 10.2. The summed E-state index contributed by atoms with van der Waals surface area (Å²) >= 11 is 11.7. The van der Waals surface area contributed by atoms with Crippen molar-refractivity contribution in [3.8, 4) is 0 Å². The van der Waals surface area contributed by atoms with Crippen LogP contribution in [0.4, 0.5) is 5.69 Å². The molecule has 1 aliphatic rings. The maximum absolute atomic E-state index is 11.2. The first-order chi connectivity index (χ1) is 8.52. The summed E-state index contributed by atoms with van der Waals surface area (Å²) in [7, 11) is 1.55. The number of anilines is 1. The molecule has 2 unspecified atom stereocenters. The average Bonchev–Trinajstić information content (AvgIpc) is 2.76. The number of aromatic nitrogens is 2. The largest absolute Gasteiger partial charge is 0.480 e. The van der Waals surface area contributed by atoms with Crippen molar-refractivity contribution < 1.29 is 14.6 Å². The van der Waals surface area contributed by atoms with Crippen molar-refractivity contribution in [3.63, 3.8) is 0 Å². The molecular weight excluding hydrogens is 281 g/mol. The fraction of sp³-hybridized carbons (Fsp3) is 0.500. The van der Waals surface area contributed by atoms with Crippen molar-refractivity contribution >= 4 is 34.9 Å². The third-order valence-corrected chi connectivity index (χ3v) is 3.34. The van der Waals surface area contributed by atoms with Crippen LogP contribution < -0.4 is 4.90 Å². The van der Waals surface area contributed by atoms with Gasteiger partial charge in [-0.05, 0) is 0 Å². The van der Waals surface area contributed by atoms with E-state index in [1.54, 1.807) is 12.0 Å². The molecule has 2 heterocycles. The SMILES string of the molecule is COC1CC(C(=O)O)N(c2cc(Cl)nnc2Cl)C1. The van der Waals surface area contributed by atoms with Gasteiger partial charge in [-0.25, -0.2) is 4.79 Å². The van der Waals surface area contributed by atoms with Crippen LogP contribution in [0.3, 0.4) is 0 Å². The lowest BCUT2D eigenvalue weighted by molar-refractivity contribution is -0.138. The summed E-state index contributed by atoms with van der Waals surface area (Å²) in [5.74, 6) is -0.932. The predicted octanol–water partition coefficient (Wildman–Crippen LogP) is 1.46. The van der Waals surface area contributed by atoms with Gasteiger partial charge in [0.2, 0.25) is 0 Å². The topological polar surface area (TPSA) is 75.6 Å². The van der Waals surface area contributed by atoms with Crippen molar-refractivity contribution in [2.24, 2.45) is 0 Å². The van der Waals surface area contributed by atoms with Crippen LogP contribution in [-0.4, -0.2) is 47.1 Å². The number of aliphatic carboxylic acids is 1. The van der Waals surface area contributed by atoms with Crippen LogP contribution in [0.1, 0.15) is 6.42 Å². The Morgan fingerprint density at radius 3 is 2.89 bits per heavy atom. The van der Waals surface area contributed by atoms with E-state index < -0.39 is 12.0 Å². The van der Waals surface area contributed by atoms with Gasteiger partial charge in [-0.2, -0.15) is 0 Å². The molecule has 1 saturated heterocycles. The van der Waals surface area contributed by atoms with E-state index in [0.29, 0.717) is 18.7 Å². The quantitative estimate of drug-likeness (QED) is 0.909. The van der Waals surface area contributed by atoms with E-state index >= 15 is 0 Å². The molecule has 2 atom stereocenters. The second-order valence-corrected chi connectivity index (χ2v) is 4.69. The Kier molecular flexibility index (Phi) is 3.89. The molecule has 1 aliphatic heterocycles. The Morgan fingerprint density at radius 1 is 1.56 bits per heavy atom. The Bertz CT molecular complexity index is 472. The summed E-state index contributed by atoms with van der Waals surface area (Å²) in [4.78, 5) is 12.9. The molecule has 0 aromatic carbocycles. The van der Waals surface area contributed by atoms with Gasteiger partial charge in [0.25, 0.3) is 0 Å². The van der Waals surface area contributed by atoms with Gasteiger partial charge in [-0.1, -0.05) is 23.2 Å². The van der Waals surface area contributed by atoms with Gasteiger partial charge in [-0.15, -0.1) is 10.2 Å². The number of ether oxygens (including phenoxy) is 1. The van der Waals surface area contributed by atoms with E-state index in [2.05, 4.69) is 10.2 Å². The molecule has 2 rings (SSSR count). The van der Waals surface area contributed by atoms with Gasteiger partial charge in [0.15, 0.2) is 10.3 Å². The van der Waals surface area contributed by atoms with Gasteiger partial charge in [0, 0.05) is 26.1 Å². The second kappa shape index (κ2) is 5.26. The smallest absolute Gasteiger partial charge is 0.326 e. The third-order valence-electron chi connectivity index (χ3n) is 2.89. The van der Waals surface area contributed by atoms with Gasteiger partial charge in [-0.3, -0.25) is 0 Å². The maximum Gasteiger partial charge on any atom is 0.326 e. The lowest BCUT2D eigenvalue weighted by Gasteiger charge is -2.23. The summed E-state index contributed by atoms with van der Waals surface area (Å²) in [5.41, 5.74) is 0.462. The highest BCUT2D eigenvalue weighted by molar-refractivity contribution is 6.33. The Morgan fingerprint density at radius 2 is 2.28 bits per heavy atom. The summed E-state index contributed by atoms with van der Waals surface area (Å²) in [5, 5.41) is 16.8. The molecule has 0 amide bonds. The van der Waals surface area contributed by atoms with Crippen molar-refractivity contribution in [1.82, 2.24) is 10.2 Å². The van der Waals surface area contributed by atoms with Crippen molar-refractivity contribution in [2.45, 2.75) is 18.6 Å². The zero-order valence-electron chi connectivity index (χ0n) is 9.51. The molecule has 1 N–H and O–H groups in total. The highest BCUT2D eigenvalue weighted by Crippen LogP contribution is 2.32. The Balaban J connectivity index is 2.35. The first-order valence-electron chi connectivity index (χ1n) is 5.24. The van der Waals surface area contributed by atoms with Crippen LogP contribution in [0.15, 0.2) is 6.07 Å². The molecule has 18 heavy (non-hydrogen) atoms. The molecule has 0 bridgehead atoms. The van der Waals surface area contributed by atoms with Gasteiger partial charge in [0.1, 0.15) is 6.04 Å². The Labute approximate surface area is 113 Å². The standard InChI is InChI=1S/C10H11Cl2N3O3/c1-18-5-2-7(10(16)17)15(4-5)6-3-8(11)13-14-9(6)12/h3,5,7H,2,4H2,1H3,(H,16,17). The third kappa shape index (κ3) is 2.50. The minimum absolute atomic E-state index is 0.127. The summed E-state index contributed by atoms with van der Waals surface area (Å²) in [6, 6.07) is 0.804. The number of carboxylic acids is 1. The van der Waals surface area contributed by atoms with E-state index in [0.717, 1.165) is 0 Å². The predicted molar refractivity (Wildman–Crippen MR) is 66.2 cm³/mol.